The van der Waals surface area contributed by atoms with Crippen molar-refractivity contribution in [3.8, 4) is 0 Å². The van der Waals surface area contributed by atoms with Crippen molar-refractivity contribution in [1.82, 2.24) is 0 Å². The van der Waals surface area contributed by atoms with Crippen molar-refractivity contribution in [3.05, 3.63) is 35.9 Å². The SMILES string of the molecule is CS(=O)(=O)ON=C(Cl)c1ccccc1. The lowest BCUT2D eigenvalue weighted by molar-refractivity contribution is 0.344. The van der Waals surface area contributed by atoms with E-state index in [-0.39, 0.29) is 5.17 Å². The van der Waals surface area contributed by atoms with Crippen LogP contribution >= 0.6 is 11.6 Å². The quantitative estimate of drug-likeness (QED) is 0.588. The topological polar surface area (TPSA) is 55.7 Å². The molecular weight excluding hydrogens is 226 g/mol. The largest absolute Gasteiger partial charge is 0.325 e. The zero-order chi connectivity index (χ0) is 10.6. The van der Waals surface area contributed by atoms with Crippen LogP contribution in [0.4, 0.5) is 0 Å². The fourth-order valence-electron chi connectivity index (χ4n) is 0.729. The van der Waals surface area contributed by atoms with Crippen LogP contribution < -0.4 is 0 Å². The first-order valence-corrected chi connectivity index (χ1v) is 5.86. The summed E-state index contributed by atoms with van der Waals surface area (Å²) in [6.07, 6.45) is 0.895. The summed E-state index contributed by atoms with van der Waals surface area (Å²) in [6.45, 7) is 0. The molecule has 0 aliphatic carbocycles. The Kier molecular flexibility index (Phi) is 3.49. The number of benzene rings is 1. The Bertz CT molecular complexity index is 427. The molecule has 0 saturated heterocycles. The third kappa shape index (κ3) is 3.76. The Balaban J connectivity index is 2.81. The second kappa shape index (κ2) is 4.43. The molecule has 0 bridgehead atoms. The van der Waals surface area contributed by atoms with Crippen LogP contribution in [0.5, 0.6) is 0 Å². The number of oxime groups is 1. The summed E-state index contributed by atoms with van der Waals surface area (Å²) in [4.78, 5) is 0. The first kappa shape index (κ1) is 11.0. The van der Waals surface area contributed by atoms with E-state index in [9.17, 15) is 8.42 Å². The number of hydrogen-bond acceptors (Lipinski definition) is 4. The highest BCUT2D eigenvalue weighted by Crippen LogP contribution is 2.05. The van der Waals surface area contributed by atoms with Crippen molar-refractivity contribution >= 4 is 26.9 Å². The predicted molar refractivity (Wildman–Crippen MR) is 54.8 cm³/mol. The predicted octanol–water partition coefficient (Wildman–Crippen LogP) is 1.56. The molecule has 0 aromatic heterocycles. The van der Waals surface area contributed by atoms with Gasteiger partial charge in [0.05, 0.1) is 6.26 Å². The van der Waals surface area contributed by atoms with Gasteiger partial charge in [-0.05, 0) is 0 Å². The Morgan fingerprint density at radius 3 is 2.43 bits per heavy atom. The summed E-state index contributed by atoms with van der Waals surface area (Å²) in [5, 5.41) is 3.26. The van der Waals surface area contributed by atoms with Gasteiger partial charge >= 0.3 is 10.1 Å². The van der Waals surface area contributed by atoms with Crippen LogP contribution in [0, 0.1) is 0 Å². The maximum Gasteiger partial charge on any atom is 0.325 e. The monoisotopic (exact) mass is 233 g/mol. The number of rotatable bonds is 3. The zero-order valence-corrected chi connectivity index (χ0v) is 8.92. The second-order valence-electron chi connectivity index (χ2n) is 2.53. The molecule has 1 rings (SSSR count). The Labute approximate surface area is 87.3 Å². The van der Waals surface area contributed by atoms with Gasteiger partial charge in [0.25, 0.3) is 0 Å². The van der Waals surface area contributed by atoms with Crippen LogP contribution in [0.15, 0.2) is 35.5 Å². The average Bonchev–Trinajstić information content (AvgIpc) is 2.14. The van der Waals surface area contributed by atoms with Gasteiger partial charge in [0.2, 0.25) is 0 Å². The van der Waals surface area contributed by atoms with Crippen LogP contribution in [0.1, 0.15) is 5.56 Å². The van der Waals surface area contributed by atoms with Crippen molar-refractivity contribution in [2.75, 3.05) is 6.26 Å². The van der Waals surface area contributed by atoms with Crippen molar-refractivity contribution in [3.63, 3.8) is 0 Å². The van der Waals surface area contributed by atoms with Gasteiger partial charge in [-0.25, -0.2) is 0 Å². The van der Waals surface area contributed by atoms with Gasteiger partial charge in [-0.1, -0.05) is 47.1 Å². The smallest absolute Gasteiger partial charge is 0.267 e. The fourth-order valence-corrected chi connectivity index (χ4v) is 1.14. The fraction of sp³-hybridized carbons (Fsp3) is 0.125. The highest BCUT2D eigenvalue weighted by molar-refractivity contribution is 7.85. The van der Waals surface area contributed by atoms with Gasteiger partial charge < -0.3 is 0 Å². The molecule has 6 heteroatoms. The van der Waals surface area contributed by atoms with Gasteiger partial charge in [0, 0.05) is 5.56 Å². The van der Waals surface area contributed by atoms with E-state index in [1.54, 1.807) is 24.3 Å². The molecule has 0 fully saturated rings. The highest BCUT2D eigenvalue weighted by atomic mass is 35.5. The van der Waals surface area contributed by atoms with E-state index in [4.69, 9.17) is 11.6 Å². The van der Waals surface area contributed by atoms with Crippen LogP contribution in [-0.2, 0) is 14.4 Å². The molecule has 76 valence electrons. The van der Waals surface area contributed by atoms with E-state index in [1.165, 1.54) is 0 Å². The average molecular weight is 234 g/mol. The van der Waals surface area contributed by atoms with Gasteiger partial charge in [-0.15, -0.1) is 0 Å². The van der Waals surface area contributed by atoms with E-state index >= 15 is 0 Å². The van der Waals surface area contributed by atoms with E-state index in [1.807, 2.05) is 6.07 Å². The summed E-state index contributed by atoms with van der Waals surface area (Å²) in [5.41, 5.74) is 0.595. The maximum atomic E-state index is 10.6. The molecular formula is C8H8ClNO3S. The summed E-state index contributed by atoms with van der Waals surface area (Å²) < 4.78 is 25.3. The number of halogens is 1. The Morgan fingerprint density at radius 1 is 1.36 bits per heavy atom. The Morgan fingerprint density at radius 2 is 1.93 bits per heavy atom. The normalized spacial score (nSPS) is 12.6. The van der Waals surface area contributed by atoms with Gasteiger partial charge in [0.15, 0.2) is 5.17 Å². The van der Waals surface area contributed by atoms with Gasteiger partial charge in [-0.2, -0.15) is 8.42 Å². The van der Waals surface area contributed by atoms with E-state index in [2.05, 4.69) is 9.44 Å². The van der Waals surface area contributed by atoms with E-state index < -0.39 is 10.1 Å². The number of nitrogens with zero attached hydrogens (tertiary/aromatic N) is 1. The molecule has 1 aromatic carbocycles. The lowest BCUT2D eigenvalue weighted by Crippen LogP contribution is -2.00. The molecule has 0 spiro atoms. The second-order valence-corrected chi connectivity index (χ2v) is 4.44. The van der Waals surface area contributed by atoms with Crippen molar-refractivity contribution in [2.45, 2.75) is 0 Å². The molecule has 0 unspecified atom stereocenters. The molecule has 0 aliphatic rings. The minimum atomic E-state index is -3.60. The lowest BCUT2D eigenvalue weighted by Gasteiger charge is -1.97. The molecule has 0 radical (unpaired) electrons. The summed E-state index contributed by atoms with van der Waals surface area (Å²) in [6, 6.07) is 8.71. The molecule has 4 nitrogen and oxygen atoms in total. The molecule has 0 atom stereocenters. The van der Waals surface area contributed by atoms with Crippen molar-refractivity contribution in [1.29, 1.82) is 0 Å². The van der Waals surface area contributed by atoms with Crippen LogP contribution in [0.3, 0.4) is 0 Å². The third-order valence-electron chi connectivity index (χ3n) is 1.26. The zero-order valence-electron chi connectivity index (χ0n) is 7.34. The highest BCUT2D eigenvalue weighted by Gasteiger charge is 2.03. The first-order chi connectivity index (χ1) is 6.49. The summed E-state index contributed by atoms with van der Waals surface area (Å²) >= 11 is 5.67. The minimum absolute atomic E-state index is 0.00368. The van der Waals surface area contributed by atoms with Gasteiger partial charge in [0.1, 0.15) is 0 Å². The Hall–Kier alpha value is -1.07. The van der Waals surface area contributed by atoms with Crippen LogP contribution in [0.25, 0.3) is 0 Å². The molecule has 0 heterocycles. The maximum absolute atomic E-state index is 10.6. The molecule has 0 N–H and O–H groups in total. The molecule has 0 amide bonds. The first-order valence-electron chi connectivity index (χ1n) is 3.66. The lowest BCUT2D eigenvalue weighted by atomic mass is 10.2. The molecule has 0 aliphatic heterocycles. The van der Waals surface area contributed by atoms with Crippen molar-refractivity contribution in [2.24, 2.45) is 5.16 Å². The van der Waals surface area contributed by atoms with Crippen LogP contribution in [-0.4, -0.2) is 19.8 Å². The summed E-state index contributed by atoms with van der Waals surface area (Å²) in [5.74, 6) is 0. The van der Waals surface area contributed by atoms with E-state index in [0.717, 1.165) is 6.26 Å². The molecule has 14 heavy (non-hydrogen) atoms. The van der Waals surface area contributed by atoms with Gasteiger partial charge in [-0.3, -0.25) is 4.28 Å². The number of hydrogen-bond donors (Lipinski definition) is 0. The molecule has 1 aromatic rings. The van der Waals surface area contributed by atoms with E-state index in [0.29, 0.717) is 5.56 Å². The molecule has 0 saturated carbocycles. The van der Waals surface area contributed by atoms with Crippen molar-refractivity contribution < 1.29 is 12.7 Å². The third-order valence-corrected chi connectivity index (χ3v) is 1.90. The standard InChI is InChI=1S/C8H8ClNO3S/c1-14(11,12)13-10-8(9)7-5-3-2-4-6-7/h2-6H,1H3. The minimum Gasteiger partial charge on any atom is -0.267 e. The summed E-state index contributed by atoms with van der Waals surface area (Å²) in [7, 11) is -3.60. The van der Waals surface area contributed by atoms with Crippen LogP contribution in [0.2, 0.25) is 0 Å².